The Balaban J connectivity index is 0.00000200. The minimum atomic E-state index is 0. The zero-order valence-corrected chi connectivity index (χ0v) is 15.4. The lowest BCUT2D eigenvalue weighted by Gasteiger charge is -2.23. The summed E-state index contributed by atoms with van der Waals surface area (Å²) in [5, 5.41) is 4.49. The molecule has 0 aliphatic heterocycles. The summed E-state index contributed by atoms with van der Waals surface area (Å²) < 4.78 is 0. The zero-order chi connectivity index (χ0) is 13.7. The molecular formula is C14H25IN4S. The number of nitrogens with one attached hydrogen (secondary N) is 1. The molecule has 0 aromatic carbocycles. The first kappa shape index (κ1) is 17.7. The van der Waals surface area contributed by atoms with Gasteiger partial charge in [0, 0.05) is 23.0 Å². The van der Waals surface area contributed by atoms with Crippen molar-refractivity contribution >= 4 is 41.3 Å². The van der Waals surface area contributed by atoms with Crippen LogP contribution in [0.3, 0.4) is 0 Å². The van der Waals surface area contributed by atoms with E-state index in [4.69, 9.17) is 5.73 Å². The standard InChI is InChI=1S/C14H24N4S.HI/c1-10(13-16-9-11(2)19-13)8-17-14(15)18-12-6-4-3-5-7-12;/h9-10,12H,3-8H2,1-2H3,(H3,15,17,18);1H. The van der Waals surface area contributed by atoms with E-state index < -0.39 is 0 Å². The van der Waals surface area contributed by atoms with Gasteiger partial charge < -0.3 is 11.1 Å². The highest BCUT2D eigenvalue weighted by molar-refractivity contribution is 14.0. The maximum absolute atomic E-state index is 5.96. The molecule has 20 heavy (non-hydrogen) atoms. The van der Waals surface area contributed by atoms with Gasteiger partial charge in [0.15, 0.2) is 5.96 Å². The fourth-order valence-corrected chi connectivity index (χ4v) is 3.23. The Morgan fingerprint density at radius 1 is 1.50 bits per heavy atom. The minimum Gasteiger partial charge on any atom is -0.370 e. The number of nitrogens with zero attached hydrogens (tertiary/aromatic N) is 2. The monoisotopic (exact) mass is 408 g/mol. The zero-order valence-electron chi connectivity index (χ0n) is 12.3. The van der Waals surface area contributed by atoms with E-state index in [1.54, 1.807) is 11.3 Å². The van der Waals surface area contributed by atoms with Crippen molar-refractivity contribution in [2.75, 3.05) is 6.54 Å². The molecule has 1 aliphatic carbocycles. The first-order chi connectivity index (χ1) is 9.15. The fourth-order valence-electron chi connectivity index (χ4n) is 2.42. The predicted octanol–water partition coefficient (Wildman–Crippen LogP) is 3.41. The molecule has 1 aromatic heterocycles. The number of aliphatic imine (C=N–C) groups is 1. The fraction of sp³-hybridized carbons (Fsp3) is 0.714. The highest BCUT2D eigenvalue weighted by Gasteiger charge is 2.14. The molecule has 1 fully saturated rings. The van der Waals surface area contributed by atoms with Crippen LogP contribution in [0.4, 0.5) is 0 Å². The number of aryl methyl sites for hydroxylation is 1. The van der Waals surface area contributed by atoms with Crippen molar-refractivity contribution < 1.29 is 0 Å². The van der Waals surface area contributed by atoms with E-state index in [9.17, 15) is 0 Å². The maximum atomic E-state index is 5.96. The summed E-state index contributed by atoms with van der Waals surface area (Å²) >= 11 is 1.74. The smallest absolute Gasteiger partial charge is 0.188 e. The summed E-state index contributed by atoms with van der Waals surface area (Å²) in [6.07, 6.45) is 8.33. The molecule has 0 amide bonds. The summed E-state index contributed by atoms with van der Waals surface area (Å²) in [5.41, 5.74) is 5.96. The van der Waals surface area contributed by atoms with Gasteiger partial charge in [-0.2, -0.15) is 0 Å². The lowest BCUT2D eigenvalue weighted by Crippen LogP contribution is -2.41. The summed E-state index contributed by atoms with van der Waals surface area (Å²) in [5.74, 6) is 0.928. The van der Waals surface area contributed by atoms with Crippen LogP contribution in [-0.2, 0) is 0 Å². The topological polar surface area (TPSA) is 63.3 Å². The number of guanidine groups is 1. The molecule has 2 rings (SSSR count). The number of nitrogens with two attached hydrogens (primary N) is 1. The number of hydrogen-bond donors (Lipinski definition) is 2. The van der Waals surface area contributed by atoms with Crippen molar-refractivity contribution in [2.45, 2.75) is 57.9 Å². The van der Waals surface area contributed by atoms with Crippen LogP contribution in [0.15, 0.2) is 11.2 Å². The van der Waals surface area contributed by atoms with Crippen LogP contribution in [0.1, 0.15) is 54.8 Å². The summed E-state index contributed by atoms with van der Waals surface area (Å²) in [4.78, 5) is 10.1. The SMILES string of the molecule is Cc1cnc(C(C)CN=C(N)NC2CCCCC2)s1.I. The second-order valence-corrected chi connectivity index (χ2v) is 6.68. The first-order valence-electron chi connectivity index (χ1n) is 7.14. The Bertz CT molecular complexity index is 427. The van der Waals surface area contributed by atoms with Crippen LogP contribution in [0, 0.1) is 6.92 Å². The quantitative estimate of drug-likeness (QED) is 0.456. The molecule has 1 aliphatic rings. The average Bonchev–Trinajstić information content (AvgIpc) is 2.84. The number of aromatic nitrogens is 1. The Morgan fingerprint density at radius 2 is 2.20 bits per heavy atom. The highest BCUT2D eigenvalue weighted by atomic mass is 127. The van der Waals surface area contributed by atoms with Gasteiger partial charge in [0.2, 0.25) is 0 Å². The normalized spacial score (nSPS) is 18.4. The molecule has 114 valence electrons. The minimum absolute atomic E-state index is 0. The molecule has 0 radical (unpaired) electrons. The summed E-state index contributed by atoms with van der Waals surface area (Å²) in [6, 6.07) is 0.523. The lowest BCUT2D eigenvalue weighted by atomic mass is 9.96. The third kappa shape index (κ3) is 5.55. The first-order valence-corrected chi connectivity index (χ1v) is 7.95. The van der Waals surface area contributed by atoms with Crippen molar-refractivity contribution in [2.24, 2.45) is 10.7 Å². The van der Waals surface area contributed by atoms with E-state index in [0.717, 1.165) is 5.01 Å². The molecule has 0 saturated heterocycles. The van der Waals surface area contributed by atoms with E-state index in [1.807, 2.05) is 6.20 Å². The van der Waals surface area contributed by atoms with Crippen molar-refractivity contribution in [3.8, 4) is 0 Å². The molecule has 1 aromatic rings. The van der Waals surface area contributed by atoms with E-state index in [0.29, 0.717) is 24.5 Å². The molecule has 0 spiro atoms. The van der Waals surface area contributed by atoms with Gasteiger partial charge in [-0.15, -0.1) is 35.3 Å². The number of thiazole rings is 1. The van der Waals surface area contributed by atoms with Crippen molar-refractivity contribution in [1.29, 1.82) is 0 Å². The number of hydrogen-bond acceptors (Lipinski definition) is 3. The second-order valence-electron chi connectivity index (χ2n) is 5.42. The molecule has 6 heteroatoms. The van der Waals surface area contributed by atoms with Gasteiger partial charge in [-0.25, -0.2) is 4.98 Å². The lowest BCUT2D eigenvalue weighted by molar-refractivity contribution is 0.412. The molecule has 1 unspecified atom stereocenters. The van der Waals surface area contributed by atoms with E-state index in [-0.39, 0.29) is 24.0 Å². The molecule has 1 heterocycles. The third-order valence-corrected chi connectivity index (χ3v) is 4.70. The molecular weight excluding hydrogens is 383 g/mol. The highest BCUT2D eigenvalue weighted by Crippen LogP contribution is 2.21. The van der Waals surface area contributed by atoms with Gasteiger partial charge >= 0.3 is 0 Å². The van der Waals surface area contributed by atoms with Crippen LogP contribution in [0.5, 0.6) is 0 Å². The van der Waals surface area contributed by atoms with Gasteiger partial charge in [-0.05, 0) is 19.8 Å². The average molecular weight is 408 g/mol. The van der Waals surface area contributed by atoms with Gasteiger partial charge in [-0.1, -0.05) is 26.2 Å². The Labute approximate surface area is 142 Å². The number of halogens is 1. The summed E-state index contributed by atoms with van der Waals surface area (Å²) in [7, 11) is 0. The molecule has 1 atom stereocenters. The van der Waals surface area contributed by atoms with Crippen molar-refractivity contribution in [3.63, 3.8) is 0 Å². The van der Waals surface area contributed by atoms with Crippen LogP contribution in [0.25, 0.3) is 0 Å². The van der Waals surface area contributed by atoms with Crippen LogP contribution in [0.2, 0.25) is 0 Å². The van der Waals surface area contributed by atoms with Crippen LogP contribution in [-0.4, -0.2) is 23.5 Å². The molecule has 0 bridgehead atoms. The van der Waals surface area contributed by atoms with Crippen LogP contribution >= 0.6 is 35.3 Å². The molecule has 1 saturated carbocycles. The Morgan fingerprint density at radius 3 is 2.80 bits per heavy atom. The second kappa shape index (κ2) is 8.81. The van der Waals surface area contributed by atoms with Gasteiger partial charge in [0.25, 0.3) is 0 Å². The Hall–Kier alpha value is -0.370. The maximum Gasteiger partial charge on any atom is 0.188 e. The third-order valence-electron chi connectivity index (χ3n) is 3.55. The summed E-state index contributed by atoms with van der Waals surface area (Å²) in [6.45, 7) is 4.93. The van der Waals surface area contributed by atoms with Crippen molar-refractivity contribution in [3.05, 3.63) is 16.1 Å². The molecule has 4 nitrogen and oxygen atoms in total. The Kier molecular flexibility index (Phi) is 7.79. The van der Waals surface area contributed by atoms with Crippen LogP contribution < -0.4 is 11.1 Å². The van der Waals surface area contributed by atoms with E-state index in [2.05, 4.69) is 29.1 Å². The van der Waals surface area contributed by atoms with E-state index in [1.165, 1.54) is 37.0 Å². The van der Waals surface area contributed by atoms with Gasteiger partial charge in [-0.3, -0.25) is 4.99 Å². The number of rotatable bonds is 4. The largest absolute Gasteiger partial charge is 0.370 e. The van der Waals surface area contributed by atoms with Gasteiger partial charge in [0.1, 0.15) is 0 Å². The van der Waals surface area contributed by atoms with E-state index >= 15 is 0 Å². The van der Waals surface area contributed by atoms with Crippen molar-refractivity contribution in [1.82, 2.24) is 10.3 Å². The van der Waals surface area contributed by atoms with Gasteiger partial charge in [0.05, 0.1) is 11.6 Å². The molecule has 3 N–H and O–H groups in total. The predicted molar refractivity (Wildman–Crippen MR) is 97.2 cm³/mol.